The van der Waals surface area contributed by atoms with Gasteiger partial charge in [0.25, 0.3) is 0 Å². The average Bonchev–Trinajstić information content (AvgIpc) is 1.62. The molecule has 608 valence electrons. The number of fused-ring (bicyclic) bond motifs is 15. The van der Waals surface area contributed by atoms with E-state index in [0.29, 0.717) is 45.0 Å². The van der Waals surface area contributed by atoms with Gasteiger partial charge in [0, 0.05) is 37.9 Å². The van der Waals surface area contributed by atoms with E-state index in [9.17, 15) is 5.26 Å². The second kappa shape index (κ2) is 30.1. The molecule has 0 spiro atoms. The first-order chi connectivity index (χ1) is 56.9. The number of benzene rings is 12. The van der Waals surface area contributed by atoms with Gasteiger partial charge in [0.05, 0.1) is 11.6 Å². The van der Waals surface area contributed by atoms with Crippen LogP contribution in [-0.4, -0.2) is 40.1 Å². The van der Waals surface area contributed by atoms with Crippen molar-refractivity contribution in [3.05, 3.63) is 293 Å². The minimum Gasteiger partial charge on any atom is -0.324 e. The summed E-state index contributed by atoms with van der Waals surface area (Å²) in [6.07, 6.45) is 0. The second-order valence-electron chi connectivity index (χ2n) is 41.8. The Hall–Kier alpha value is -12.4. The summed E-state index contributed by atoms with van der Waals surface area (Å²) in [5, 5.41) is 28.0. The van der Waals surface area contributed by atoms with Crippen LogP contribution in [-0.2, 0) is 43.3 Å². The van der Waals surface area contributed by atoms with Crippen LogP contribution in [0.1, 0.15) is 216 Å². The molecule has 9 heteroatoms. The van der Waals surface area contributed by atoms with E-state index in [1.807, 2.05) is 6.07 Å². The predicted molar refractivity (Wildman–Crippen MR) is 513 cm³/mol. The van der Waals surface area contributed by atoms with Crippen molar-refractivity contribution in [1.82, 2.24) is 40.1 Å². The van der Waals surface area contributed by atoms with Gasteiger partial charge in [-0.05, 0) is 225 Å². The van der Waals surface area contributed by atoms with Crippen LogP contribution in [0.4, 0.5) is 0 Å². The number of aromatic amines is 3. The van der Waals surface area contributed by atoms with E-state index in [1.54, 1.807) is 0 Å². The van der Waals surface area contributed by atoms with E-state index in [1.165, 1.54) is 44.5 Å². The Kier molecular flexibility index (Phi) is 20.5. The highest BCUT2D eigenvalue weighted by atomic mass is 15.2. The van der Waals surface area contributed by atoms with Crippen LogP contribution >= 0.6 is 0 Å². The number of nitrogens with zero attached hydrogens (tertiary/aromatic N) is 6. The number of aromatic nitrogens is 8. The first kappa shape index (κ1) is 82.3. The topological polar surface area (TPSA) is 136 Å². The largest absolute Gasteiger partial charge is 0.324 e. The summed E-state index contributed by atoms with van der Waals surface area (Å²) >= 11 is 0. The molecule has 16 aromatic rings. The Labute approximate surface area is 715 Å². The van der Waals surface area contributed by atoms with E-state index in [2.05, 4.69) is 424 Å². The summed E-state index contributed by atoms with van der Waals surface area (Å²) in [5.74, 6) is 0.202. The normalized spacial score (nSPS) is 12.8. The average molecular weight is 1590 g/mol. The molecule has 0 saturated carbocycles. The molecule has 0 aliphatic carbocycles. The Balaban J connectivity index is 1.10. The summed E-state index contributed by atoms with van der Waals surface area (Å²) in [7, 11) is 0. The lowest BCUT2D eigenvalue weighted by Gasteiger charge is -2.21. The van der Waals surface area contributed by atoms with Crippen molar-refractivity contribution >= 4 is 66.2 Å². The SMILES string of the molecule is CC(C)(C)c1ccc(-c2cc(C#N)c(-c3nnc4[nH]c(nc5[nH]c(nc6[nH]c(n3)c3cc(-c7ccc(C(C)(C)C)cc7)c(-c7ccc(C(C)(C)C)cc7)cc63)c3cc(-c6ccc(C(C)(C)C)cc6)c(-c6ccc(C(C)(C)C)cc6)cc53)c3cc(-c5ccc(C(C)(C)C)cc5)c(-c5ccc(C(C)(C)C)cc5)cc43)cc2-c2ccc(C(C)(C)C)cc2)cc1. The lowest BCUT2D eigenvalue weighted by Crippen LogP contribution is -2.10. The maximum absolute atomic E-state index is 12.0. The van der Waals surface area contributed by atoms with Gasteiger partial charge in [0.1, 0.15) is 28.2 Å². The minimum absolute atomic E-state index is 0.0677. The molecule has 0 radical (unpaired) electrons. The minimum atomic E-state index is -0.107. The maximum atomic E-state index is 12.0. The van der Waals surface area contributed by atoms with Gasteiger partial charge in [-0.3, -0.25) is 0 Å². The molecule has 16 rings (SSSR count). The summed E-state index contributed by atoms with van der Waals surface area (Å²) in [6, 6.07) is 92.6. The molecular weight excluding hydrogens is 1470 g/mol. The van der Waals surface area contributed by atoms with E-state index >= 15 is 0 Å². The molecule has 121 heavy (non-hydrogen) atoms. The van der Waals surface area contributed by atoms with E-state index < -0.39 is 0 Å². The molecule has 0 aliphatic rings. The second-order valence-corrected chi connectivity index (χ2v) is 41.8. The number of hydrogen-bond donors (Lipinski definition) is 3. The lowest BCUT2D eigenvalue weighted by atomic mass is 9.83. The monoisotopic (exact) mass is 1590 g/mol. The zero-order chi connectivity index (χ0) is 86.2. The Morgan fingerprint density at radius 2 is 0.372 bits per heavy atom. The third-order valence-electron chi connectivity index (χ3n) is 24.6. The van der Waals surface area contributed by atoms with Crippen LogP contribution in [0.5, 0.6) is 0 Å². The molecule has 4 heterocycles. The van der Waals surface area contributed by atoms with Gasteiger partial charge in [0.2, 0.25) is 0 Å². The highest BCUT2D eigenvalue weighted by Gasteiger charge is 2.28. The van der Waals surface area contributed by atoms with Gasteiger partial charge < -0.3 is 15.0 Å². The number of nitrogens with one attached hydrogen (secondary N) is 3. The molecule has 0 unspecified atom stereocenters. The van der Waals surface area contributed by atoms with Crippen LogP contribution in [0.3, 0.4) is 0 Å². The number of H-pyrrole nitrogens is 3. The Bertz CT molecular complexity index is 6840. The standard InChI is InChI=1S/C112H115N9/c1-105(2,3)75-41-25-66(26-42-75)83-57-74(65-113)91(58-84(83)67-27-43-76(44-28-67)106(4,5)6)103-118-101-95-62-88(71-35-51-80(52-36-71)110(16,17)18)87(70-33-49-79(50-34-70)109(13,14)15)61-94(95)100(116-101)115-98-92-59-85(68-29-45-77(46-30-68)107(7,8)9)86(69-31-47-78(48-32-69)108(10,11)12)60-93(92)99(114-98)117-102-96-63-89(72-37-53-81(54-38-72)111(19,20)21)90(64-97(96)104(119-102)121-120-103)73-39-55-82(56-40-73)112(22,23)24/h25-64H,1-24H3,(H3,114,115,116,117,118,119,120,121). The smallest absolute Gasteiger partial charge is 0.185 e. The summed E-state index contributed by atoms with van der Waals surface area (Å²) in [4.78, 5) is 29.5. The molecule has 0 atom stereocenters. The fourth-order valence-electron chi connectivity index (χ4n) is 16.8. The van der Waals surface area contributed by atoms with Crippen LogP contribution in [0.2, 0.25) is 0 Å². The number of hydrogen-bond acceptors (Lipinski definition) is 6. The van der Waals surface area contributed by atoms with Crippen molar-refractivity contribution in [2.75, 3.05) is 0 Å². The zero-order valence-corrected chi connectivity index (χ0v) is 75.3. The third-order valence-corrected chi connectivity index (χ3v) is 24.6. The van der Waals surface area contributed by atoms with Gasteiger partial charge in [-0.1, -0.05) is 360 Å². The highest BCUT2D eigenvalue weighted by Crippen LogP contribution is 2.47. The fraction of sp³-hybridized carbons (Fsp3) is 0.286. The summed E-state index contributed by atoms with van der Waals surface area (Å²) in [5.41, 5.74) is 29.5. The van der Waals surface area contributed by atoms with Crippen molar-refractivity contribution in [3.63, 3.8) is 0 Å². The van der Waals surface area contributed by atoms with E-state index in [4.69, 9.17) is 25.1 Å². The quantitative estimate of drug-likeness (QED) is 0.132. The van der Waals surface area contributed by atoms with Crippen LogP contribution in [0.15, 0.2) is 243 Å². The molecule has 4 aromatic heterocycles. The van der Waals surface area contributed by atoms with Crippen LogP contribution < -0.4 is 0 Å². The van der Waals surface area contributed by atoms with E-state index in [0.717, 1.165) is 121 Å². The third kappa shape index (κ3) is 16.4. The van der Waals surface area contributed by atoms with Crippen LogP contribution in [0.25, 0.3) is 167 Å². The molecule has 0 aliphatic heterocycles. The first-order valence-electron chi connectivity index (χ1n) is 42.9. The van der Waals surface area contributed by atoms with Crippen molar-refractivity contribution in [1.29, 1.82) is 5.26 Å². The summed E-state index contributed by atoms with van der Waals surface area (Å²) < 4.78 is 0. The Morgan fingerprint density at radius 1 is 0.198 bits per heavy atom. The van der Waals surface area contributed by atoms with Gasteiger partial charge in [-0.2, -0.15) is 5.26 Å². The van der Waals surface area contributed by atoms with Crippen molar-refractivity contribution < 1.29 is 0 Å². The molecule has 0 saturated heterocycles. The Morgan fingerprint density at radius 3 is 0.570 bits per heavy atom. The molecule has 0 amide bonds. The number of rotatable bonds is 9. The van der Waals surface area contributed by atoms with Gasteiger partial charge in [0.15, 0.2) is 11.5 Å². The van der Waals surface area contributed by atoms with Crippen LogP contribution in [0, 0.1) is 11.3 Å². The van der Waals surface area contributed by atoms with Crippen molar-refractivity contribution in [3.8, 4) is 106 Å². The molecule has 0 fully saturated rings. The number of nitriles is 1. The fourth-order valence-corrected chi connectivity index (χ4v) is 16.8. The molecule has 12 aromatic carbocycles. The predicted octanol–water partition coefficient (Wildman–Crippen LogP) is 30.5. The lowest BCUT2D eigenvalue weighted by molar-refractivity contribution is 0.590. The van der Waals surface area contributed by atoms with Gasteiger partial charge in [-0.25, -0.2) is 15.0 Å². The molecule has 9 nitrogen and oxygen atoms in total. The maximum Gasteiger partial charge on any atom is 0.185 e. The molecule has 3 N–H and O–H groups in total. The van der Waals surface area contributed by atoms with Gasteiger partial charge in [-0.15, -0.1) is 10.2 Å². The first-order valence-corrected chi connectivity index (χ1v) is 42.9. The van der Waals surface area contributed by atoms with E-state index in [-0.39, 0.29) is 49.1 Å². The van der Waals surface area contributed by atoms with Crippen molar-refractivity contribution in [2.24, 2.45) is 0 Å². The summed E-state index contributed by atoms with van der Waals surface area (Å²) in [6.45, 7) is 54.2. The van der Waals surface area contributed by atoms with Crippen molar-refractivity contribution in [2.45, 2.75) is 209 Å². The molecule has 6 bridgehead atoms. The highest BCUT2D eigenvalue weighted by molar-refractivity contribution is 6.14. The zero-order valence-electron chi connectivity index (χ0n) is 75.3. The van der Waals surface area contributed by atoms with Gasteiger partial charge >= 0.3 is 0 Å². The molecular formula is C112H115N9.